The first kappa shape index (κ1) is 15.2. The fourth-order valence-corrected chi connectivity index (χ4v) is 1.68. The van der Waals surface area contributed by atoms with Crippen molar-refractivity contribution in [1.82, 2.24) is 10.6 Å². The Balaban J connectivity index is 2.44. The van der Waals surface area contributed by atoms with Crippen LogP contribution >= 0.6 is 0 Å². The van der Waals surface area contributed by atoms with Gasteiger partial charge in [0.1, 0.15) is 0 Å². The van der Waals surface area contributed by atoms with Crippen LogP contribution in [0, 0.1) is 0 Å². The minimum Gasteiger partial charge on any atom is -0.469 e. The molecule has 0 aromatic heterocycles. The molecule has 0 saturated heterocycles. The van der Waals surface area contributed by atoms with Gasteiger partial charge in [-0.1, -0.05) is 24.3 Å². The number of rotatable bonds is 7. The molecule has 0 heterocycles. The molecule has 0 saturated carbocycles. The Labute approximate surface area is 113 Å². The van der Waals surface area contributed by atoms with E-state index in [9.17, 15) is 9.59 Å². The first-order chi connectivity index (χ1) is 9.13. The van der Waals surface area contributed by atoms with Gasteiger partial charge in [-0.3, -0.25) is 9.59 Å². The molecule has 19 heavy (non-hydrogen) atoms. The number of carbonyl (C=O) groups is 2. The van der Waals surface area contributed by atoms with E-state index in [4.69, 9.17) is 0 Å². The second kappa shape index (κ2) is 8.26. The zero-order valence-corrected chi connectivity index (χ0v) is 11.4. The molecule has 5 nitrogen and oxygen atoms in total. The van der Waals surface area contributed by atoms with Gasteiger partial charge in [-0.25, -0.2) is 0 Å². The minimum absolute atomic E-state index is 0.0344. The SMILES string of the molecule is COC(=O)Cc1ccccc1CNCCNC(C)=O. The lowest BCUT2D eigenvalue weighted by Gasteiger charge is -2.10. The van der Waals surface area contributed by atoms with E-state index >= 15 is 0 Å². The Bertz CT molecular complexity index is 432. The predicted octanol–water partition coefficient (Wildman–Crippen LogP) is 0.628. The number of methoxy groups -OCH3 is 1. The molecule has 1 rings (SSSR count). The molecule has 104 valence electrons. The number of nitrogens with one attached hydrogen (secondary N) is 2. The van der Waals surface area contributed by atoms with Crippen LogP contribution < -0.4 is 10.6 Å². The summed E-state index contributed by atoms with van der Waals surface area (Å²) in [5.74, 6) is -0.279. The van der Waals surface area contributed by atoms with Gasteiger partial charge in [-0.15, -0.1) is 0 Å². The number of benzene rings is 1. The standard InChI is InChI=1S/C14H20N2O3/c1-11(17)16-8-7-15-10-13-6-4-3-5-12(13)9-14(18)19-2/h3-6,15H,7-10H2,1-2H3,(H,16,17). The molecule has 0 radical (unpaired) electrons. The Morgan fingerprint density at radius 2 is 1.84 bits per heavy atom. The van der Waals surface area contributed by atoms with E-state index in [0.717, 1.165) is 11.1 Å². The van der Waals surface area contributed by atoms with Gasteiger partial charge in [0.25, 0.3) is 0 Å². The highest BCUT2D eigenvalue weighted by Gasteiger charge is 2.07. The fourth-order valence-electron chi connectivity index (χ4n) is 1.68. The lowest BCUT2D eigenvalue weighted by atomic mass is 10.0. The third kappa shape index (κ3) is 6.01. The molecule has 0 aliphatic heterocycles. The third-order valence-corrected chi connectivity index (χ3v) is 2.67. The minimum atomic E-state index is -0.245. The summed E-state index contributed by atoms with van der Waals surface area (Å²) < 4.78 is 4.67. The van der Waals surface area contributed by atoms with E-state index in [1.54, 1.807) is 0 Å². The summed E-state index contributed by atoms with van der Waals surface area (Å²) >= 11 is 0. The predicted molar refractivity (Wildman–Crippen MR) is 72.6 cm³/mol. The highest BCUT2D eigenvalue weighted by atomic mass is 16.5. The van der Waals surface area contributed by atoms with Crippen LogP contribution in [-0.4, -0.2) is 32.1 Å². The summed E-state index contributed by atoms with van der Waals surface area (Å²) in [6, 6.07) is 7.73. The van der Waals surface area contributed by atoms with Crippen LogP contribution in [0.1, 0.15) is 18.1 Å². The Morgan fingerprint density at radius 3 is 2.47 bits per heavy atom. The maximum Gasteiger partial charge on any atom is 0.309 e. The van der Waals surface area contributed by atoms with Crippen LogP contribution in [0.4, 0.5) is 0 Å². The zero-order valence-electron chi connectivity index (χ0n) is 11.4. The van der Waals surface area contributed by atoms with E-state index in [2.05, 4.69) is 15.4 Å². The van der Waals surface area contributed by atoms with Crippen LogP contribution in [0.5, 0.6) is 0 Å². The first-order valence-electron chi connectivity index (χ1n) is 6.22. The topological polar surface area (TPSA) is 67.4 Å². The molecule has 2 N–H and O–H groups in total. The molecular weight excluding hydrogens is 244 g/mol. The van der Waals surface area contributed by atoms with E-state index in [1.165, 1.54) is 14.0 Å². The van der Waals surface area contributed by atoms with Crippen molar-refractivity contribution in [3.8, 4) is 0 Å². The number of hydrogen-bond acceptors (Lipinski definition) is 4. The van der Waals surface area contributed by atoms with Crippen LogP contribution in [0.3, 0.4) is 0 Å². The number of esters is 1. The van der Waals surface area contributed by atoms with Crippen LogP contribution in [0.15, 0.2) is 24.3 Å². The van der Waals surface area contributed by atoms with Crippen molar-refractivity contribution in [2.24, 2.45) is 0 Å². The van der Waals surface area contributed by atoms with Crippen LogP contribution in [-0.2, 0) is 27.3 Å². The fraction of sp³-hybridized carbons (Fsp3) is 0.429. The number of amides is 1. The normalized spacial score (nSPS) is 10.0. The molecule has 0 bridgehead atoms. The molecule has 0 spiro atoms. The highest BCUT2D eigenvalue weighted by Crippen LogP contribution is 2.09. The van der Waals surface area contributed by atoms with Gasteiger partial charge in [0.05, 0.1) is 13.5 Å². The summed E-state index contributed by atoms with van der Waals surface area (Å²) in [6.07, 6.45) is 0.278. The summed E-state index contributed by atoms with van der Waals surface area (Å²) in [5.41, 5.74) is 2.03. The maximum absolute atomic E-state index is 11.3. The zero-order chi connectivity index (χ0) is 14.1. The second-order valence-electron chi connectivity index (χ2n) is 4.18. The van der Waals surface area contributed by atoms with Crippen molar-refractivity contribution >= 4 is 11.9 Å². The second-order valence-corrected chi connectivity index (χ2v) is 4.18. The lowest BCUT2D eigenvalue weighted by molar-refractivity contribution is -0.139. The highest BCUT2D eigenvalue weighted by molar-refractivity contribution is 5.73. The van der Waals surface area contributed by atoms with E-state index in [0.29, 0.717) is 19.6 Å². The molecule has 1 amide bonds. The van der Waals surface area contributed by atoms with Gasteiger partial charge >= 0.3 is 5.97 Å². The summed E-state index contributed by atoms with van der Waals surface area (Å²) in [4.78, 5) is 22.0. The van der Waals surface area contributed by atoms with Crippen LogP contribution in [0.2, 0.25) is 0 Å². The van der Waals surface area contributed by atoms with Gasteiger partial charge in [0, 0.05) is 26.6 Å². The lowest BCUT2D eigenvalue weighted by Crippen LogP contribution is -2.30. The number of carbonyl (C=O) groups excluding carboxylic acids is 2. The van der Waals surface area contributed by atoms with Crippen molar-refractivity contribution in [3.63, 3.8) is 0 Å². The molecule has 0 unspecified atom stereocenters. The molecule has 1 aromatic rings. The summed E-state index contributed by atoms with van der Waals surface area (Å²) in [6.45, 7) is 3.43. The Kier molecular flexibility index (Phi) is 6.60. The van der Waals surface area contributed by atoms with E-state index in [-0.39, 0.29) is 18.3 Å². The largest absolute Gasteiger partial charge is 0.469 e. The average Bonchev–Trinajstić information content (AvgIpc) is 2.39. The van der Waals surface area contributed by atoms with Crippen molar-refractivity contribution in [2.45, 2.75) is 19.9 Å². The van der Waals surface area contributed by atoms with Gasteiger partial charge in [0.15, 0.2) is 0 Å². The van der Waals surface area contributed by atoms with E-state index < -0.39 is 0 Å². The smallest absolute Gasteiger partial charge is 0.309 e. The third-order valence-electron chi connectivity index (χ3n) is 2.67. The maximum atomic E-state index is 11.3. The van der Waals surface area contributed by atoms with Gasteiger partial charge in [-0.05, 0) is 11.1 Å². The van der Waals surface area contributed by atoms with Crippen molar-refractivity contribution in [2.75, 3.05) is 20.2 Å². The van der Waals surface area contributed by atoms with Crippen molar-refractivity contribution in [3.05, 3.63) is 35.4 Å². The molecular formula is C14H20N2O3. The molecule has 1 aromatic carbocycles. The van der Waals surface area contributed by atoms with Gasteiger partial charge < -0.3 is 15.4 Å². The van der Waals surface area contributed by atoms with Crippen molar-refractivity contribution < 1.29 is 14.3 Å². The summed E-state index contributed by atoms with van der Waals surface area (Å²) in [7, 11) is 1.39. The monoisotopic (exact) mass is 264 g/mol. The Morgan fingerprint density at radius 1 is 1.16 bits per heavy atom. The molecule has 0 aliphatic rings. The summed E-state index contributed by atoms with van der Waals surface area (Å²) in [5, 5.41) is 5.93. The molecule has 0 aliphatic carbocycles. The van der Waals surface area contributed by atoms with Crippen LogP contribution in [0.25, 0.3) is 0 Å². The van der Waals surface area contributed by atoms with Crippen molar-refractivity contribution in [1.29, 1.82) is 0 Å². The average molecular weight is 264 g/mol. The van der Waals surface area contributed by atoms with Gasteiger partial charge in [-0.2, -0.15) is 0 Å². The number of ether oxygens (including phenoxy) is 1. The first-order valence-corrected chi connectivity index (χ1v) is 6.22. The number of hydrogen-bond donors (Lipinski definition) is 2. The van der Waals surface area contributed by atoms with Gasteiger partial charge in [0.2, 0.25) is 5.91 Å². The molecule has 0 fully saturated rings. The Hall–Kier alpha value is -1.88. The van der Waals surface area contributed by atoms with E-state index in [1.807, 2.05) is 24.3 Å². The quantitative estimate of drug-likeness (QED) is 0.560. The molecule has 0 atom stereocenters. The molecule has 5 heteroatoms.